The lowest BCUT2D eigenvalue weighted by Gasteiger charge is -2.27. The summed E-state index contributed by atoms with van der Waals surface area (Å²) in [4.78, 5) is 51.7. The third kappa shape index (κ3) is 20.8. The van der Waals surface area contributed by atoms with Crippen molar-refractivity contribution >= 4 is 39.7 Å². The second kappa shape index (κ2) is 23.0. The number of alkyl halides is 3. The molecule has 0 aliphatic carbocycles. The molecule has 53 heavy (non-hydrogen) atoms. The van der Waals surface area contributed by atoms with E-state index in [1.807, 2.05) is 44.2 Å². The Hall–Kier alpha value is -4.75. The van der Waals surface area contributed by atoms with Crippen LogP contribution in [0.1, 0.15) is 57.6 Å². The van der Waals surface area contributed by atoms with Gasteiger partial charge in [-0.15, -0.1) is 0 Å². The van der Waals surface area contributed by atoms with Gasteiger partial charge in [-0.25, -0.2) is 17.9 Å². The van der Waals surface area contributed by atoms with Crippen molar-refractivity contribution < 1.29 is 51.0 Å². The average Bonchev–Trinajstić information content (AvgIpc) is 3.05. The van der Waals surface area contributed by atoms with Gasteiger partial charge in [0.15, 0.2) is 5.96 Å². The smallest absolute Gasteiger partial charge is 0.475 e. The summed E-state index contributed by atoms with van der Waals surface area (Å²) in [5.41, 5.74) is 12.4. The molecule has 296 valence electrons. The van der Waals surface area contributed by atoms with Crippen LogP contribution in [-0.2, 0) is 41.4 Å². The van der Waals surface area contributed by atoms with Gasteiger partial charge < -0.3 is 37.6 Å². The molecule has 0 spiro atoms. The van der Waals surface area contributed by atoms with E-state index in [0.29, 0.717) is 31.4 Å². The van der Waals surface area contributed by atoms with Crippen molar-refractivity contribution in [2.24, 2.45) is 22.4 Å². The number of benzene rings is 2. The number of amides is 3. The van der Waals surface area contributed by atoms with E-state index in [1.165, 1.54) is 6.92 Å². The highest BCUT2D eigenvalue weighted by Gasteiger charge is 2.38. The number of nitrogens with one attached hydrogen (secondary N) is 4. The number of aliphatic hydroxyl groups excluding tert-OH is 1. The molecular formula is C34H50F3N7O8S. The molecule has 0 heterocycles. The van der Waals surface area contributed by atoms with Gasteiger partial charge in [-0.1, -0.05) is 74.5 Å². The number of carbonyl (C=O) groups excluding carboxylic acids is 3. The third-order valence-corrected chi connectivity index (χ3v) is 8.63. The Morgan fingerprint density at radius 3 is 1.94 bits per heavy atom. The summed E-state index contributed by atoms with van der Waals surface area (Å²) in [5.74, 6) is -4.78. The van der Waals surface area contributed by atoms with Gasteiger partial charge in [0.25, 0.3) is 0 Å². The van der Waals surface area contributed by atoms with E-state index >= 15 is 0 Å². The van der Waals surface area contributed by atoms with Crippen molar-refractivity contribution in [3.8, 4) is 0 Å². The zero-order valence-electron chi connectivity index (χ0n) is 29.8. The maximum Gasteiger partial charge on any atom is 0.490 e. The molecule has 0 aliphatic rings. The number of carbonyl (C=O) groups is 4. The lowest BCUT2D eigenvalue weighted by atomic mass is 9.96. The zero-order valence-corrected chi connectivity index (χ0v) is 30.6. The number of carboxylic acids is 1. The number of aliphatic imine (C=N–C) groups is 1. The second-order valence-electron chi connectivity index (χ2n) is 12.5. The van der Waals surface area contributed by atoms with Crippen molar-refractivity contribution in [3.05, 3.63) is 71.8 Å². The van der Waals surface area contributed by atoms with Gasteiger partial charge in [0.05, 0.1) is 24.3 Å². The first-order valence-electron chi connectivity index (χ1n) is 16.7. The highest BCUT2D eigenvalue weighted by molar-refractivity contribution is 7.88. The third-order valence-electron chi connectivity index (χ3n) is 7.27. The normalized spacial score (nSPS) is 13.7. The molecule has 0 radical (unpaired) electrons. The molecule has 2 aromatic rings. The Kier molecular flexibility index (Phi) is 20.1. The first-order chi connectivity index (χ1) is 24.7. The van der Waals surface area contributed by atoms with Gasteiger partial charge in [-0.2, -0.15) is 13.2 Å². The van der Waals surface area contributed by atoms with Crippen LogP contribution < -0.4 is 32.1 Å². The van der Waals surface area contributed by atoms with Crippen molar-refractivity contribution in [2.75, 3.05) is 13.1 Å². The Balaban J connectivity index is 0.00000181. The summed E-state index contributed by atoms with van der Waals surface area (Å²) in [6.07, 6.45) is -5.08. The molecular weight excluding hydrogens is 723 g/mol. The van der Waals surface area contributed by atoms with Crippen molar-refractivity contribution in [1.82, 2.24) is 20.7 Å². The number of carboxylic acid groups (broad SMARTS) is 1. The number of guanidine groups is 1. The van der Waals surface area contributed by atoms with Gasteiger partial charge >= 0.3 is 12.1 Å². The van der Waals surface area contributed by atoms with E-state index < -0.39 is 58.2 Å². The molecule has 4 atom stereocenters. The van der Waals surface area contributed by atoms with Crippen molar-refractivity contribution in [2.45, 2.75) is 89.0 Å². The molecule has 0 saturated heterocycles. The van der Waals surface area contributed by atoms with Crippen LogP contribution in [-0.4, -0.2) is 91.8 Å². The van der Waals surface area contributed by atoms with Crippen molar-refractivity contribution in [1.29, 1.82) is 0 Å². The lowest BCUT2D eigenvalue weighted by Crippen LogP contribution is -2.55. The molecule has 0 unspecified atom stereocenters. The van der Waals surface area contributed by atoms with Crippen LogP contribution in [0.25, 0.3) is 0 Å². The summed E-state index contributed by atoms with van der Waals surface area (Å²) < 4.78 is 60.0. The number of aliphatic carboxylic acids is 1. The SMILES string of the molecule is CC(C)C[C@H](NC(=O)[C@H](C)NC(=O)[C@H](CCCN=C(N)N)NS(=O)(=O)Cc1ccccc1)[C@@H](O)CC(=O)NCCc1ccccc1.O=C(O)C(F)(F)F. The summed E-state index contributed by atoms with van der Waals surface area (Å²) in [5, 5.41) is 26.1. The van der Waals surface area contributed by atoms with Gasteiger partial charge in [0.2, 0.25) is 27.7 Å². The van der Waals surface area contributed by atoms with Crippen LogP contribution >= 0.6 is 0 Å². The molecule has 0 aliphatic heterocycles. The van der Waals surface area contributed by atoms with Crippen LogP contribution in [0.2, 0.25) is 0 Å². The molecule has 0 saturated carbocycles. The predicted molar refractivity (Wildman–Crippen MR) is 192 cm³/mol. The minimum Gasteiger partial charge on any atom is -0.475 e. The maximum absolute atomic E-state index is 13.3. The average molecular weight is 774 g/mol. The van der Waals surface area contributed by atoms with Gasteiger partial charge in [-0.3, -0.25) is 19.4 Å². The number of halogens is 3. The lowest BCUT2D eigenvalue weighted by molar-refractivity contribution is -0.192. The van der Waals surface area contributed by atoms with Crippen LogP contribution in [0.4, 0.5) is 13.2 Å². The molecule has 0 fully saturated rings. The standard InChI is InChI=1S/C32H49N7O6S.C2HF3O2/c1-22(2)19-27(28(40)20-29(41)35-18-16-24-11-6-4-7-12-24)38-30(42)23(3)37-31(43)26(15-10-17-36-32(33)34)39-46(44,45)21-25-13-8-5-9-14-25;3-2(4,5)1(6)7/h4-9,11-14,22-23,26-28,39-40H,10,15-21H2,1-3H3,(H,35,41)(H,37,43)(H,38,42)(H4,33,34,36);(H,6,7)/t23-,26-,27-,28-;/m0./s1. The first kappa shape index (κ1) is 46.3. The molecule has 2 aromatic carbocycles. The fourth-order valence-corrected chi connectivity index (χ4v) is 6.07. The molecule has 2 rings (SSSR count). The zero-order chi connectivity index (χ0) is 40.2. The van der Waals surface area contributed by atoms with Crippen molar-refractivity contribution in [3.63, 3.8) is 0 Å². The number of aliphatic hydroxyl groups is 1. The number of hydrogen-bond donors (Lipinski definition) is 8. The fourth-order valence-electron chi connectivity index (χ4n) is 4.70. The largest absolute Gasteiger partial charge is 0.490 e. The number of rotatable bonds is 20. The molecule has 0 aromatic heterocycles. The number of hydrogen-bond acceptors (Lipinski definition) is 8. The minimum absolute atomic E-state index is 0.0685. The number of nitrogens with two attached hydrogens (primary N) is 2. The predicted octanol–water partition coefficient (Wildman–Crippen LogP) is 1.31. The molecule has 3 amide bonds. The van der Waals surface area contributed by atoms with E-state index in [2.05, 4.69) is 25.7 Å². The number of nitrogens with zero attached hydrogens (tertiary/aromatic N) is 1. The van der Waals surface area contributed by atoms with Crippen LogP contribution in [0.15, 0.2) is 65.7 Å². The van der Waals surface area contributed by atoms with Gasteiger partial charge in [0, 0.05) is 13.1 Å². The highest BCUT2D eigenvalue weighted by Crippen LogP contribution is 2.14. The second-order valence-corrected chi connectivity index (χ2v) is 14.3. The molecule has 19 heteroatoms. The molecule has 10 N–H and O–H groups in total. The van der Waals surface area contributed by atoms with Crippen LogP contribution in [0, 0.1) is 5.92 Å². The quantitative estimate of drug-likeness (QED) is 0.0544. The Labute approximate surface area is 307 Å². The molecule has 0 bridgehead atoms. The summed E-state index contributed by atoms with van der Waals surface area (Å²) in [6.45, 7) is 5.88. The van der Waals surface area contributed by atoms with E-state index in [1.54, 1.807) is 30.3 Å². The van der Waals surface area contributed by atoms with E-state index in [9.17, 15) is 41.1 Å². The number of sulfonamides is 1. The minimum atomic E-state index is -5.08. The summed E-state index contributed by atoms with van der Waals surface area (Å²) in [7, 11) is -3.93. The van der Waals surface area contributed by atoms with E-state index in [4.69, 9.17) is 21.4 Å². The Morgan fingerprint density at radius 1 is 0.887 bits per heavy atom. The summed E-state index contributed by atoms with van der Waals surface area (Å²) >= 11 is 0. The van der Waals surface area contributed by atoms with Crippen LogP contribution in [0.3, 0.4) is 0 Å². The maximum atomic E-state index is 13.3. The monoisotopic (exact) mass is 773 g/mol. The Bertz CT molecular complexity index is 1580. The topological polar surface area (TPSA) is 255 Å². The Morgan fingerprint density at radius 2 is 1.43 bits per heavy atom. The van der Waals surface area contributed by atoms with E-state index in [-0.39, 0.29) is 42.9 Å². The highest BCUT2D eigenvalue weighted by atomic mass is 32.2. The van der Waals surface area contributed by atoms with Gasteiger partial charge in [-0.05, 0) is 49.7 Å². The van der Waals surface area contributed by atoms with Gasteiger partial charge in [0.1, 0.15) is 12.1 Å². The van der Waals surface area contributed by atoms with Crippen LogP contribution in [0.5, 0.6) is 0 Å². The fraction of sp³-hybridized carbons (Fsp3) is 0.500. The first-order valence-corrected chi connectivity index (χ1v) is 18.3. The summed E-state index contributed by atoms with van der Waals surface area (Å²) in [6, 6.07) is 15.2. The molecule has 15 nitrogen and oxygen atoms in total. The van der Waals surface area contributed by atoms with E-state index in [0.717, 1.165) is 5.56 Å².